The molecule has 0 bridgehead atoms. The Bertz CT molecular complexity index is 441. The van der Waals surface area contributed by atoms with Crippen LogP contribution in [0.15, 0.2) is 30.3 Å². The van der Waals surface area contributed by atoms with Crippen LogP contribution < -0.4 is 5.32 Å². The maximum absolute atomic E-state index is 12.2. The van der Waals surface area contributed by atoms with Crippen molar-refractivity contribution in [1.29, 1.82) is 0 Å². The zero-order valence-electron chi connectivity index (χ0n) is 10.2. The van der Waals surface area contributed by atoms with Crippen molar-refractivity contribution in [2.45, 2.75) is 32.1 Å². The average molecular weight is 231 g/mol. The predicted molar refractivity (Wildman–Crippen MR) is 65.3 cm³/mol. The molecule has 1 N–H and O–H groups in total. The first-order valence-corrected chi connectivity index (χ1v) is 6.01. The number of rotatable bonds is 2. The summed E-state index contributed by atoms with van der Waals surface area (Å²) >= 11 is 0. The second kappa shape index (κ2) is 4.32. The van der Waals surface area contributed by atoms with Gasteiger partial charge < -0.3 is 0 Å². The number of amides is 2. The lowest BCUT2D eigenvalue weighted by Gasteiger charge is -2.37. The van der Waals surface area contributed by atoms with Crippen molar-refractivity contribution in [3.63, 3.8) is 0 Å². The van der Waals surface area contributed by atoms with E-state index in [0.29, 0.717) is 12.8 Å². The van der Waals surface area contributed by atoms with E-state index >= 15 is 0 Å². The Kier molecular flexibility index (Phi) is 3.01. The van der Waals surface area contributed by atoms with E-state index in [1.165, 1.54) is 0 Å². The first-order valence-electron chi connectivity index (χ1n) is 6.01. The Morgan fingerprint density at radius 3 is 2.53 bits per heavy atom. The highest BCUT2D eigenvalue weighted by Gasteiger charge is 2.45. The monoisotopic (exact) mass is 231 g/mol. The van der Waals surface area contributed by atoms with E-state index in [2.05, 4.69) is 5.32 Å². The van der Waals surface area contributed by atoms with Gasteiger partial charge in [-0.1, -0.05) is 44.2 Å². The maximum Gasteiger partial charge on any atom is 0.237 e. The number of imide groups is 1. The third-order valence-corrected chi connectivity index (χ3v) is 3.70. The molecule has 17 heavy (non-hydrogen) atoms. The van der Waals surface area contributed by atoms with E-state index < -0.39 is 5.41 Å². The van der Waals surface area contributed by atoms with Crippen LogP contribution in [0.3, 0.4) is 0 Å². The molecule has 1 aromatic carbocycles. The fraction of sp³-hybridized carbons (Fsp3) is 0.429. The summed E-state index contributed by atoms with van der Waals surface area (Å²) in [5.41, 5.74) is 0.452. The van der Waals surface area contributed by atoms with Gasteiger partial charge in [0, 0.05) is 5.92 Å². The molecule has 3 heteroatoms. The predicted octanol–water partition coefficient (Wildman–Crippen LogP) is 2.02. The minimum Gasteiger partial charge on any atom is -0.295 e. The topological polar surface area (TPSA) is 46.2 Å². The summed E-state index contributed by atoms with van der Waals surface area (Å²) in [5.74, 6) is -0.433. The van der Waals surface area contributed by atoms with E-state index in [0.717, 1.165) is 5.56 Å². The summed E-state index contributed by atoms with van der Waals surface area (Å²) in [4.78, 5) is 23.7. The van der Waals surface area contributed by atoms with Gasteiger partial charge in [0.05, 0.1) is 5.41 Å². The Morgan fingerprint density at radius 2 is 1.94 bits per heavy atom. The van der Waals surface area contributed by atoms with Gasteiger partial charge in [-0.05, 0) is 18.4 Å². The molecule has 3 nitrogen and oxygen atoms in total. The fourth-order valence-electron chi connectivity index (χ4n) is 2.58. The SMILES string of the molecule is CC[C@]1(c2ccccc2)C[C@@H](C)C(=O)NC1=O. The van der Waals surface area contributed by atoms with Crippen molar-refractivity contribution < 1.29 is 9.59 Å². The Balaban J connectivity index is 2.44. The van der Waals surface area contributed by atoms with Crippen LogP contribution in [0.4, 0.5) is 0 Å². The lowest BCUT2D eigenvalue weighted by molar-refractivity contribution is -0.141. The van der Waals surface area contributed by atoms with Gasteiger partial charge in [-0.15, -0.1) is 0 Å². The number of hydrogen-bond donors (Lipinski definition) is 1. The molecule has 0 spiro atoms. The van der Waals surface area contributed by atoms with E-state index in [-0.39, 0.29) is 17.7 Å². The first-order chi connectivity index (χ1) is 8.10. The molecule has 0 aromatic heterocycles. The van der Waals surface area contributed by atoms with Gasteiger partial charge >= 0.3 is 0 Å². The smallest absolute Gasteiger partial charge is 0.237 e. The molecule has 2 rings (SSSR count). The molecule has 2 atom stereocenters. The van der Waals surface area contributed by atoms with Crippen molar-refractivity contribution >= 4 is 11.8 Å². The lowest BCUT2D eigenvalue weighted by atomic mass is 9.69. The highest BCUT2D eigenvalue weighted by atomic mass is 16.2. The maximum atomic E-state index is 12.2. The summed E-state index contributed by atoms with van der Waals surface area (Å²) in [6.45, 7) is 3.87. The lowest BCUT2D eigenvalue weighted by Crippen LogP contribution is -2.54. The van der Waals surface area contributed by atoms with Crippen LogP contribution in [0.5, 0.6) is 0 Å². The van der Waals surface area contributed by atoms with Gasteiger partial charge in [-0.3, -0.25) is 14.9 Å². The Hall–Kier alpha value is -1.64. The second-order valence-corrected chi connectivity index (χ2v) is 4.73. The minimum atomic E-state index is -0.547. The number of nitrogens with one attached hydrogen (secondary N) is 1. The highest BCUT2D eigenvalue weighted by molar-refractivity contribution is 6.04. The summed E-state index contributed by atoms with van der Waals surface area (Å²) in [6.07, 6.45) is 1.30. The minimum absolute atomic E-state index is 0.118. The fourth-order valence-corrected chi connectivity index (χ4v) is 2.58. The summed E-state index contributed by atoms with van der Waals surface area (Å²) in [5, 5.41) is 2.49. The summed E-state index contributed by atoms with van der Waals surface area (Å²) in [7, 11) is 0. The van der Waals surface area contributed by atoms with Crippen molar-refractivity contribution in [2.75, 3.05) is 0 Å². The van der Waals surface area contributed by atoms with Crippen molar-refractivity contribution in [2.24, 2.45) is 5.92 Å². The van der Waals surface area contributed by atoms with Crippen LogP contribution in [0.1, 0.15) is 32.3 Å². The van der Waals surface area contributed by atoms with Crippen molar-refractivity contribution in [1.82, 2.24) is 5.32 Å². The molecule has 1 fully saturated rings. The number of piperidine rings is 1. The molecule has 1 heterocycles. The second-order valence-electron chi connectivity index (χ2n) is 4.73. The standard InChI is InChI=1S/C14H17NO2/c1-3-14(11-7-5-4-6-8-11)9-10(2)12(16)15-13(14)17/h4-8,10H,3,9H2,1-2H3,(H,15,16,17)/t10-,14-/m1/s1. The first kappa shape index (κ1) is 11.8. The number of carbonyl (C=O) groups excluding carboxylic acids is 2. The van der Waals surface area contributed by atoms with Crippen LogP contribution in [0.2, 0.25) is 0 Å². The molecule has 1 aliphatic heterocycles. The van der Waals surface area contributed by atoms with Gasteiger partial charge in [0.15, 0.2) is 0 Å². The quantitative estimate of drug-likeness (QED) is 0.791. The van der Waals surface area contributed by atoms with Crippen molar-refractivity contribution in [3.8, 4) is 0 Å². The average Bonchev–Trinajstić information content (AvgIpc) is 2.35. The van der Waals surface area contributed by atoms with Crippen LogP contribution in [0.25, 0.3) is 0 Å². The summed E-state index contributed by atoms with van der Waals surface area (Å²) < 4.78 is 0. The molecule has 1 aromatic rings. The molecule has 0 aliphatic carbocycles. The molecule has 1 saturated heterocycles. The van der Waals surface area contributed by atoms with Gasteiger partial charge in [0.1, 0.15) is 0 Å². The molecule has 0 radical (unpaired) electrons. The zero-order chi connectivity index (χ0) is 12.5. The number of benzene rings is 1. The van der Waals surface area contributed by atoms with Gasteiger partial charge in [-0.2, -0.15) is 0 Å². The molecule has 1 aliphatic rings. The Morgan fingerprint density at radius 1 is 1.29 bits per heavy atom. The molecule has 0 saturated carbocycles. The molecule has 90 valence electrons. The van der Waals surface area contributed by atoms with E-state index in [1.807, 2.05) is 44.2 Å². The van der Waals surface area contributed by atoms with Crippen LogP contribution in [-0.2, 0) is 15.0 Å². The van der Waals surface area contributed by atoms with Crippen LogP contribution in [0, 0.1) is 5.92 Å². The molecular weight excluding hydrogens is 214 g/mol. The largest absolute Gasteiger partial charge is 0.295 e. The number of carbonyl (C=O) groups is 2. The zero-order valence-corrected chi connectivity index (χ0v) is 10.2. The number of hydrogen-bond acceptors (Lipinski definition) is 2. The third-order valence-electron chi connectivity index (χ3n) is 3.70. The molecular formula is C14H17NO2. The van der Waals surface area contributed by atoms with E-state index in [4.69, 9.17) is 0 Å². The van der Waals surface area contributed by atoms with Gasteiger partial charge in [0.25, 0.3) is 0 Å². The van der Waals surface area contributed by atoms with Crippen molar-refractivity contribution in [3.05, 3.63) is 35.9 Å². The molecule has 2 amide bonds. The van der Waals surface area contributed by atoms with E-state index in [9.17, 15) is 9.59 Å². The summed E-state index contributed by atoms with van der Waals surface area (Å²) in [6, 6.07) is 9.72. The van der Waals surface area contributed by atoms with Gasteiger partial charge in [0.2, 0.25) is 11.8 Å². The molecule has 0 unspecified atom stereocenters. The normalized spacial score (nSPS) is 28.9. The van der Waals surface area contributed by atoms with E-state index in [1.54, 1.807) is 0 Å². The van der Waals surface area contributed by atoms with Crippen LogP contribution in [-0.4, -0.2) is 11.8 Å². The Labute approximate surface area is 101 Å². The highest BCUT2D eigenvalue weighted by Crippen LogP contribution is 2.37. The third kappa shape index (κ3) is 1.86. The van der Waals surface area contributed by atoms with Gasteiger partial charge in [-0.25, -0.2) is 0 Å². The van der Waals surface area contributed by atoms with Crippen LogP contribution >= 0.6 is 0 Å².